The van der Waals surface area contributed by atoms with E-state index in [0.29, 0.717) is 11.4 Å². The van der Waals surface area contributed by atoms with Crippen molar-refractivity contribution in [1.29, 1.82) is 0 Å². The normalized spacial score (nSPS) is 22.3. The molecule has 0 saturated carbocycles. The highest BCUT2D eigenvalue weighted by Gasteiger charge is 2.37. The molecule has 1 N–H and O–H groups in total. The molecule has 9 heteroatoms. The van der Waals surface area contributed by atoms with Crippen LogP contribution in [0.2, 0.25) is 5.15 Å². The van der Waals surface area contributed by atoms with Gasteiger partial charge in [-0.25, -0.2) is 21.8 Å². The zero-order valence-corrected chi connectivity index (χ0v) is 12.5. The molecule has 0 radical (unpaired) electrons. The van der Waals surface area contributed by atoms with Gasteiger partial charge in [-0.2, -0.15) is 0 Å². The van der Waals surface area contributed by atoms with Crippen LogP contribution in [0.15, 0.2) is 12.1 Å². The van der Waals surface area contributed by atoms with Crippen molar-refractivity contribution in [2.24, 2.45) is 0 Å². The summed E-state index contributed by atoms with van der Waals surface area (Å²) in [7, 11) is -6.98. The molecule has 19 heavy (non-hydrogen) atoms. The molecule has 0 aromatic carbocycles. The van der Waals surface area contributed by atoms with Gasteiger partial charge < -0.3 is 0 Å². The maximum atomic E-state index is 12.1. The minimum Gasteiger partial charge on any atom is -0.281 e. The van der Waals surface area contributed by atoms with E-state index < -0.39 is 25.1 Å². The molecule has 1 fully saturated rings. The summed E-state index contributed by atoms with van der Waals surface area (Å²) >= 11 is 5.69. The van der Waals surface area contributed by atoms with Gasteiger partial charge in [-0.05, 0) is 25.5 Å². The standard InChI is InChI=1S/C10H13ClN2O4S2/c1-7-9(2-3-10(11)12-7)13-19(16,17)8-4-5-18(14,15)6-8/h2-3,8,13H,4-6H2,1H3. The lowest BCUT2D eigenvalue weighted by Crippen LogP contribution is -2.29. The fraction of sp³-hybridized carbons (Fsp3) is 0.500. The van der Waals surface area contributed by atoms with E-state index in [2.05, 4.69) is 9.71 Å². The third kappa shape index (κ3) is 3.37. The molecule has 0 amide bonds. The summed E-state index contributed by atoms with van der Waals surface area (Å²) in [4.78, 5) is 3.93. The zero-order valence-electron chi connectivity index (χ0n) is 10.1. The maximum absolute atomic E-state index is 12.1. The van der Waals surface area contributed by atoms with Crippen molar-refractivity contribution in [1.82, 2.24) is 4.98 Å². The second-order valence-electron chi connectivity index (χ2n) is 4.44. The third-order valence-corrected chi connectivity index (χ3v) is 6.91. The molecular weight excluding hydrogens is 312 g/mol. The number of halogens is 1. The largest absolute Gasteiger partial charge is 0.281 e. The van der Waals surface area contributed by atoms with Crippen LogP contribution < -0.4 is 4.72 Å². The highest BCUT2D eigenvalue weighted by molar-refractivity contribution is 7.97. The highest BCUT2D eigenvalue weighted by Crippen LogP contribution is 2.23. The second-order valence-corrected chi connectivity index (χ2v) is 9.02. The monoisotopic (exact) mass is 324 g/mol. The van der Waals surface area contributed by atoms with Gasteiger partial charge in [0.15, 0.2) is 9.84 Å². The van der Waals surface area contributed by atoms with Crippen LogP contribution >= 0.6 is 11.6 Å². The van der Waals surface area contributed by atoms with E-state index in [4.69, 9.17) is 11.6 Å². The van der Waals surface area contributed by atoms with Crippen molar-refractivity contribution in [3.05, 3.63) is 23.0 Å². The average Bonchev–Trinajstić information content (AvgIpc) is 2.64. The lowest BCUT2D eigenvalue weighted by atomic mass is 10.3. The van der Waals surface area contributed by atoms with E-state index in [9.17, 15) is 16.8 Å². The van der Waals surface area contributed by atoms with E-state index in [0.717, 1.165) is 0 Å². The molecule has 1 atom stereocenters. The molecule has 1 aliphatic heterocycles. The number of hydrogen-bond donors (Lipinski definition) is 1. The Kier molecular flexibility index (Phi) is 3.76. The Morgan fingerprint density at radius 3 is 2.63 bits per heavy atom. The number of aromatic nitrogens is 1. The fourth-order valence-electron chi connectivity index (χ4n) is 1.88. The van der Waals surface area contributed by atoms with Crippen LogP contribution in [0.5, 0.6) is 0 Å². The number of nitrogens with one attached hydrogen (secondary N) is 1. The smallest absolute Gasteiger partial charge is 0.236 e. The number of nitrogens with zero attached hydrogens (tertiary/aromatic N) is 1. The van der Waals surface area contributed by atoms with Gasteiger partial charge >= 0.3 is 0 Å². The summed E-state index contributed by atoms with van der Waals surface area (Å²) in [5.41, 5.74) is 0.755. The molecule has 2 rings (SSSR count). The van der Waals surface area contributed by atoms with Crippen LogP contribution in [0.25, 0.3) is 0 Å². The van der Waals surface area contributed by atoms with Crippen LogP contribution in [0.4, 0.5) is 5.69 Å². The molecule has 1 aromatic heterocycles. The molecule has 2 heterocycles. The first-order chi connectivity index (χ1) is 8.70. The Bertz CT molecular complexity index is 700. The van der Waals surface area contributed by atoms with Gasteiger partial charge in [0.05, 0.1) is 28.1 Å². The van der Waals surface area contributed by atoms with Crippen LogP contribution in [0.3, 0.4) is 0 Å². The topological polar surface area (TPSA) is 93.2 Å². The lowest BCUT2D eigenvalue weighted by Gasteiger charge is -2.13. The minimum absolute atomic E-state index is 0.0869. The number of rotatable bonds is 3. The molecular formula is C10H13ClN2O4S2. The molecule has 1 aromatic rings. The molecule has 1 unspecified atom stereocenters. The molecule has 1 aliphatic rings. The number of aryl methyl sites for hydroxylation is 1. The molecule has 0 spiro atoms. The van der Waals surface area contributed by atoms with E-state index in [1.165, 1.54) is 12.1 Å². The predicted octanol–water partition coefficient (Wildman–Crippen LogP) is 0.972. The maximum Gasteiger partial charge on any atom is 0.236 e. The fourth-order valence-corrected chi connectivity index (χ4v) is 6.22. The number of sulfone groups is 1. The van der Waals surface area contributed by atoms with Crippen LogP contribution in [-0.4, -0.2) is 38.6 Å². The number of sulfonamides is 1. The summed E-state index contributed by atoms with van der Waals surface area (Å²) in [6.07, 6.45) is 0.123. The van der Waals surface area contributed by atoms with Crippen LogP contribution in [0.1, 0.15) is 12.1 Å². The SMILES string of the molecule is Cc1nc(Cl)ccc1NS(=O)(=O)C1CCS(=O)(=O)C1. The first kappa shape index (κ1) is 14.5. The number of hydrogen-bond acceptors (Lipinski definition) is 5. The molecule has 6 nitrogen and oxygen atoms in total. The summed E-state index contributed by atoms with van der Waals surface area (Å²) in [6, 6.07) is 2.98. The number of anilines is 1. The molecule has 106 valence electrons. The van der Waals surface area contributed by atoms with Crippen molar-refractivity contribution in [2.45, 2.75) is 18.6 Å². The minimum atomic E-state index is -3.73. The summed E-state index contributed by atoms with van der Waals surface area (Å²) in [5, 5.41) is -0.642. The average molecular weight is 325 g/mol. The first-order valence-electron chi connectivity index (χ1n) is 5.55. The predicted molar refractivity (Wildman–Crippen MR) is 73.6 cm³/mol. The second kappa shape index (κ2) is 4.92. The van der Waals surface area contributed by atoms with E-state index >= 15 is 0 Å². The van der Waals surface area contributed by atoms with Crippen LogP contribution in [0, 0.1) is 6.92 Å². The first-order valence-corrected chi connectivity index (χ1v) is 9.29. The van der Waals surface area contributed by atoms with Crippen molar-refractivity contribution < 1.29 is 16.8 Å². The van der Waals surface area contributed by atoms with E-state index in [1.807, 2.05) is 0 Å². The van der Waals surface area contributed by atoms with Gasteiger partial charge in [0.2, 0.25) is 10.0 Å². The molecule has 0 bridgehead atoms. The van der Waals surface area contributed by atoms with E-state index in [1.54, 1.807) is 6.92 Å². The Hall–Kier alpha value is -0.860. The van der Waals surface area contributed by atoms with Gasteiger partial charge in [-0.15, -0.1) is 0 Å². The lowest BCUT2D eigenvalue weighted by molar-refractivity contribution is 0.587. The van der Waals surface area contributed by atoms with Crippen molar-refractivity contribution in [3.8, 4) is 0 Å². The van der Waals surface area contributed by atoms with Gasteiger partial charge in [-0.1, -0.05) is 11.6 Å². The summed E-state index contributed by atoms with van der Waals surface area (Å²) in [5.74, 6) is -0.418. The number of pyridine rings is 1. The van der Waals surface area contributed by atoms with Gasteiger partial charge in [0, 0.05) is 0 Å². The van der Waals surface area contributed by atoms with Crippen molar-refractivity contribution >= 4 is 37.1 Å². The van der Waals surface area contributed by atoms with Crippen molar-refractivity contribution in [2.75, 3.05) is 16.2 Å². The zero-order chi connectivity index (χ0) is 14.3. The van der Waals surface area contributed by atoms with Gasteiger partial charge in [0.25, 0.3) is 0 Å². The van der Waals surface area contributed by atoms with Gasteiger partial charge in [-0.3, -0.25) is 4.72 Å². The van der Waals surface area contributed by atoms with Gasteiger partial charge in [0.1, 0.15) is 5.15 Å². The third-order valence-electron chi connectivity index (χ3n) is 2.93. The Balaban J connectivity index is 2.23. The Morgan fingerprint density at radius 2 is 2.11 bits per heavy atom. The summed E-state index contributed by atoms with van der Waals surface area (Å²) in [6.45, 7) is 1.62. The quantitative estimate of drug-likeness (QED) is 0.836. The van der Waals surface area contributed by atoms with Crippen molar-refractivity contribution in [3.63, 3.8) is 0 Å². The van der Waals surface area contributed by atoms with Crippen LogP contribution in [-0.2, 0) is 19.9 Å². The van der Waals surface area contributed by atoms with E-state index in [-0.39, 0.29) is 23.1 Å². The molecule has 0 aliphatic carbocycles. The molecule has 1 saturated heterocycles. The highest BCUT2D eigenvalue weighted by atomic mass is 35.5. The Labute approximate surface area is 117 Å². The Morgan fingerprint density at radius 1 is 1.42 bits per heavy atom. The summed E-state index contributed by atoms with van der Waals surface area (Å²) < 4.78 is 49.2.